The molecular weight excluding hydrogens is 330 g/mol. The summed E-state index contributed by atoms with van der Waals surface area (Å²) in [6, 6.07) is 8.28. The van der Waals surface area contributed by atoms with E-state index in [2.05, 4.69) is 43.0 Å². The van der Waals surface area contributed by atoms with Gasteiger partial charge in [0.25, 0.3) is 5.56 Å². The third kappa shape index (κ3) is 2.30. The zero-order chi connectivity index (χ0) is 18.6. The minimum absolute atomic E-state index is 0.262. The van der Waals surface area contributed by atoms with E-state index in [1.54, 1.807) is 7.05 Å². The van der Waals surface area contributed by atoms with Crippen LogP contribution in [0.3, 0.4) is 0 Å². The van der Waals surface area contributed by atoms with Crippen LogP contribution in [0.1, 0.15) is 19.4 Å². The first-order valence-electron chi connectivity index (χ1n) is 8.96. The standard InChI is InChI=1S/C19H23N5O2/c1-5-22-17(25)15-16(21(4)19(22)26)20-18-23(10-13(3)11-24(15)18)14-8-6-12(2)7-9-14/h6-9,13H,5,10-11H2,1-4H3. The molecule has 0 spiro atoms. The topological polar surface area (TPSA) is 65.1 Å². The van der Waals surface area contributed by atoms with Gasteiger partial charge in [-0.25, -0.2) is 4.79 Å². The Morgan fingerprint density at radius 1 is 1.15 bits per heavy atom. The van der Waals surface area contributed by atoms with Crippen LogP contribution in [0, 0.1) is 12.8 Å². The molecule has 1 unspecified atom stereocenters. The lowest BCUT2D eigenvalue weighted by molar-refractivity contribution is 0.458. The van der Waals surface area contributed by atoms with Gasteiger partial charge in [-0.3, -0.25) is 13.9 Å². The van der Waals surface area contributed by atoms with Gasteiger partial charge < -0.3 is 9.47 Å². The Labute approximate surface area is 151 Å². The maximum absolute atomic E-state index is 12.9. The minimum atomic E-state index is -0.324. The molecule has 7 nitrogen and oxygen atoms in total. The van der Waals surface area contributed by atoms with Crippen molar-refractivity contribution in [2.24, 2.45) is 13.0 Å². The van der Waals surface area contributed by atoms with E-state index >= 15 is 0 Å². The summed E-state index contributed by atoms with van der Waals surface area (Å²) in [6.07, 6.45) is 0. The smallest absolute Gasteiger partial charge is 0.312 e. The molecule has 0 aliphatic carbocycles. The zero-order valence-electron chi connectivity index (χ0n) is 15.6. The molecule has 1 aliphatic heterocycles. The minimum Gasteiger partial charge on any atom is -0.312 e. The number of aryl methyl sites for hydroxylation is 2. The monoisotopic (exact) mass is 353 g/mol. The first-order valence-corrected chi connectivity index (χ1v) is 8.96. The second kappa shape index (κ2) is 5.86. The van der Waals surface area contributed by atoms with Gasteiger partial charge in [0.2, 0.25) is 5.95 Å². The molecule has 136 valence electrons. The van der Waals surface area contributed by atoms with E-state index in [0.29, 0.717) is 30.2 Å². The van der Waals surface area contributed by atoms with E-state index in [0.717, 1.165) is 18.2 Å². The number of anilines is 2. The Balaban J connectivity index is 2.03. The SMILES string of the molecule is CCn1c(=O)c2c(nc3n2CC(C)CN3c2ccc(C)cc2)n(C)c1=O. The first-order chi connectivity index (χ1) is 12.4. The van der Waals surface area contributed by atoms with E-state index in [4.69, 9.17) is 4.98 Å². The van der Waals surface area contributed by atoms with Crippen LogP contribution in [-0.2, 0) is 20.1 Å². The predicted molar refractivity (Wildman–Crippen MR) is 102 cm³/mol. The second-order valence-corrected chi connectivity index (χ2v) is 7.14. The lowest BCUT2D eigenvalue weighted by Crippen LogP contribution is -2.40. The van der Waals surface area contributed by atoms with Crippen molar-refractivity contribution < 1.29 is 0 Å². The molecule has 0 N–H and O–H groups in total. The third-order valence-electron chi connectivity index (χ3n) is 5.10. The molecule has 26 heavy (non-hydrogen) atoms. The molecule has 0 fully saturated rings. The van der Waals surface area contributed by atoms with Crippen molar-refractivity contribution in [2.75, 3.05) is 11.4 Å². The molecule has 0 saturated carbocycles. The fraction of sp³-hybridized carbons (Fsp3) is 0.421. The molecule has 1 aromatic carbocycles. The number of benzene rings is 1. The second-order valence-electron chi connectivity index (χ2n) is 7.14. The van der Waals surface area contributed by atoms with E-state index in [1.165, 1.54) is 14.7 Å². The number of hydrogen-bond donors (Lipinski definition) is 0. The lowest BCUT2D eigenvalue weighted by atomic mass is 10.1. The molecule has 1 atom stereocenters. The van der Waals surface area contributed by atoms with Crippen molar-refractivity contribution in [3.05, 3.63) is 50.7 Å². The van der Waals surface area contributed by atoms with Crippen LogP contribution in [0.4, 0.5) is 11.6 Å². The molecule has 0 saturated heterocycles. The summed E-state index contributed by atoms with van der Waals surface area (Å²) in [7, 11) is 1.68. The average molecular weight is 353 g/mol. The molecule has 0 bridgehead atoms. The van der Waals surface area contributed by atoms with Crippen molar-refractivity contribution in [2.45, 2.75) is 33.9 Å². The average Bonchev–Trinajstić information content (AvgIpc) is 3.00. The van der Waals surface area contributed by atoms with E-state index in [-0.39, 0.29) is 11.2 Å². The van der Waals surface area contributed by atoms with Crippen LogP contribution in [-0.4, -0.2) is 25.2 Å². The number of hydrogen-bond acceptors (Lipinski definition) is 4. The molecule has 0 amide bonds. The maximum Gasteiger partial charge on any atom is 0.332 e. The van der Waals surface area contributed by atoms with Crippen LogP contribution in [0.25, 0.3) is 11.2 Å². The number of aromatic nitrogens is 4. The van der Waals surface area contributed by atoms with Crippen LogP contribution >= 0.6 is 0 Å². The largest absolute Gasteiger partial charge is 0.332 e. The Hall–Kier alpha value is -2.83. The van der Waals surface area contributed by atoms with Crippen LogP contribution < -0.4 is 16.1 Å². The van der Waals surface area contributed by atoms with Crippen molar-refractivity contribution in [3.8, 4) is 0 Å². The van der Waals surface area contributed by atoms with E-state index < -0.39 is 0 Å². The van der Waals surface area contributed by atoms with Crippen molar-refractivity contribution in [1.29, 1.82) is 0 Å². The van der Waals surface area contributed by atoms with Gasteiger partial charge in [0.15, 0.2) is 11.2 Å². The highest BCUT2D eigenvalue weighted by atomic mass is 16.2. The first kappa shape index (κ1) is 16.6. The molecule has 1 aliphatic rings. The number of nitrogens with zero attached hydrogens (tertiary/aromatic N) is 5. The van der Waals surface area contributed by atoms with E-state index in [1.807, 2.05) is 11.5 Å². The Bertz CT molecular complexity index is 1100. The third-order valence-corrected chi connectivity index (χ3v) is 5.10. The quantitative estimate of drug-likeness (QED) is 0.707. The Morgan fingerprint density at radius 3 is 2.50 bits per heavy atom. The maximum atomic E-state index is 12.9. The molecule has 4 rings (SSSR count). The van der Waals surface area contributed by atoms with Gasteiger partial charge in [0.05, 0.1) is 0 Å². The fourth-order valence-corrected chi connectivity index (χ4v) is 3.73. The van der Waals surface area contributed by atoms with Gasteiger partial charge in [-0.1, -0.05) is 24.6 Å². The molecule has 2 aromatic heterocycles. The normalized spacial score (nSPS) is 16.9. The van der Waals surface area contributed by atoms with E-state index in [9.17, 15) is 9.59 Å². The Kier molecular flexibility index (Phi) is 3.75. The van der Waals surface area contributed by atoms with Crippen LogP contribution in [0.2, 0.25) is 0 Å². The van der Waals surface area contributed by atoms with Crippen LogP contribution in [0.5, 0.6) is 0 Å². The summed E-state index contributed by atoms with van der Waals surface area (Å²) in [5.74, 6) is 1.08. The molecule has 7 heteroatoms. The summed E-state index contributed by atoms with van der Waals surface area (Å²) in [4.78, 5) is 32.2. The van der Waals surface area contributed by atoms with Gasteiger partial charge in [-0.2, -0.15) is 4.98 Å². The van der Waals surface area contributed by atoms with Crippen molar-refractivity contribution in [3.63, 3.8) is 0 Å². The van der Waals surface area contributed by atoms with Gasteiger partial charge >= 0.3 is 5.69 Å². The number of rotatable bonds is 2. The fourth-order valence-electron chi connectivity index (χ4n) is 3.73. The number of fused-ring (bicyclic) bond motifs is 3. The summed E-state index contributed by atoms with van der Waals surface area (Å²) in [5.41, 5.74) is 2.61. The number of imidazole rings is 1. The molecule has 3 heterocycles. The van der Waals surface area contributed by atoms with Crippen LogP contribution in [0.15, 0.2) is 33.9 Å². The van der Waals surface area contributed by atoms with Gasteiger partial charge in [0.1, 0.15) is 0 Å². The highest BCUT2D eigenvalue weighted by Gasteiger charge is 2.29. The molecule has 0 radical (unpaired) electrons. The lowest BCUT2D eigenvalue weighted by Gasteiger charge is -2.33. The summed E-state index contributed by atoms with van der Waals surface area (Å²) >= 11 is 0. The van der Waals surface area contributed by atoms with Crippen molar-refractivity contribution >= 4 is 22.8 Å². The molecule has 3 aromatic rings. The highest BCUT2D eigenvalue weighted by Crippen LogP contribution is 2.32. The van der Waals surface area contributed by atoms with Gasteiger partial charge in [0, 0.05) is 32.4 Å². The van der Waals surface area contributed by atoms with Gasteiger partial charge in [-0.15, -0.1) is 0 Å². The van der Waals surface area contributed by atoms with Crippen molar-refractivity contribution in [1.82, 2.24) is 18.7 Å². The summed E-state index contributed by atoms with van der Waals surface area (Å²) < 4.78 is 4.72. The zero-order valence-corrected chi connectivity index (χ0v) is 15.6. The summed E-state index contributed by atoms with van der Waals surface area (Å²) in [6.45, 7) is 7.91. The summed E-state index contributed by atoms with van der Waals surface area (Å²) in [5, 5.41) is 0. The predicted octanol–water partition coefficient (Wildman–Crippen LogP) is 2.01. The van der Waals surface area contributed by atoms with Gasteiger partial charge in [-0.05, 0) is 31.9 Å². The molecular formula is C19H23N5O2. The highest BCUT2D eigenvalue weighted by molar-refractivity contribution is 5.77. The Morgan fingerprint density at radius 2 is 1.85 bits per heavy atom.